The number of halogens is 4. The average Bonchev–Trinajstić information content (AvgIpc) is 2.41. The third kappa shape index (κ3) is 4.09. The fraction of sp³-hybridized carbons (Fsp3) is 0.0769. The lowest BCUT2D eigenvalue weighted by Gasteiger charge is -2.08. The minimum absolute atomic E-state index is 0.0136. The highest BCUT2D eigenvalue weighted by atomic mass is 35.5. The average molecular weight is 316 g/mol. The predicted octanol–water partition coefficient (Wildman–Crippen LogP) is 3.91. The van der Waals surface area contributed by atoms with Crippen LogP contribution in [-0.4, -0.2) is 16.3 Å². The molecule has 0 radical (unpaired) electrons. The molecule has 0 atom stereocenters. The highest BCUT2D eigenvalue weighted by molar-refractivity contribution is 6.32. The normalized spacial score (nSPS) is 11.8. The summed E-state index contributed by atoms with van der Waals surface area (Å²) in [6.07, 6.45) is -2.41. The Hall–Kier alpha value is -2.28. The lowest BCUT2D eigenvalue weighted by molar-refractivity contribution is -0.137. The van der Waals surface area contributed by atoms with Gasteiger partial charge in [0.1, 0.15) is 5.75 Å². The number of benzene rings is 1. The van der Waals surface area contributed by atoms with Gasteiger partial charge in [0.05, 0.1) is 16.8 Å². The van der Waals surface area contributed by atoms with Crippen LogP contribution >= 0.6 is 11.6 Å². The van der Waals surface area contributed by atoms with Gasteiger partial charge in [-0.25, -0.2) is 4.98 Å². The van der Waals surface area contributed by atoms with Crippen LogP contribution in [0.4, 0.5) is 19.0 Å². The first-order chi connectivity index (χ1) is 9.86. The standard InChI is InChI=1S/C13H9ClF3N3O/c14-11-5-9(13(15,16)17)7-18-12(11)20-19-6-8-1-3-10(21)4-2-8/h1-7,21H,(H,18,20). The Balaban J connectivity index is 2.08. The number of aromatic nitrogens is 1. The van der Waals surface area contributed by atoms with Gasteiger partial charge in [0.25, 0.3) is 0 Å². The van der Waals surface area contributed by atoms with Gasteiger partial charge >= 0.3 is 6.18 Å². The highest BCUT2D eigenvalue weighted by Crippen LogP contribution is 2.32. The van der Waals surface area contributed by atoms with Gasteiger partial charge in [-0.2, -0.15) is 18.3 Å². The van der Waals surface area contributed by atoms with Crippen molar-refractivity contribution in [3.05, 3.63) is 52.7 Å². The van der Waals surface area contributed by atoms with Crippen molar-refractivity contribution >= 4 is 23.6 Å². The number of phenolic OH excluding ortho intramolecular Hbond substituents is 1. The van der Waals surface area contributed by atoms with Gasteiger partial charge in [-0.1, -0.05) is 11.6 Å². The molecule has 8 heteroatoms. The number of nitrogens with one attached hydrogen (secondary N) is 1. The molecule has 0 fully saturated rings. The lowest BCUT2D eigenvalue weighted by Crippen LogP contribution is -2.06. The van der Waals surface area contributed by atoms with E-state index in [-0.39, 0.29) is 16.6 Å². The van der Waals surface area contributed by atoms with Gasteiger partial charge in [-0.3, -0.25) is 5.43 Å². The van der Waals surface area contributed by atoms with E-state index in [1.807, 2.05) is 0 Å². The first-order valence-corrected chi connectivity index (χ1v) is 6.05. The molecule has 0 aliphatic heterocycles. The van der Waals surface area contributed by atoms with Crippen molar-refractivity contribution in [3.63, 3.8) is 0 Å². The van der Waals surface area contributed by atoms with Gasteiger partial charge in [0.2, 0.25) is 0 Å². The van der Waals surface area contributed by atoms with Crippen molar-refractivity contribution in [3.8, 4) is 5.75 Å². The molecule has 1 aromatic carbocycles. The molecule has 1 heterocycles. The largest absolute Gasteiger partial charge is 0.508 e. The topological polar surface area (TPSA) is 57.5 Å². The zero-order chi connectivity index (χ0) is 15.5. The Morgan fingerprint density at radius 1 is 1.24 bits per heavy atom. The molecule has 2 N–H and O–H groups in total. The number of rotatable bonds is 3. The maximum Gasteiger partial charge on any atom is 0.417 e. The number of hydrogen-bond donors (Lipinski definition) is 2. The molecule has 0 bridgehead atoms. The monoisotopic (exact) mass is 315 g/mol. The summed E-state index contributed by atoms with van der Waals surface area (Å²) >= 11 is 5.71. The molecule has 0 aliphatic rings. The first-order valence-electron chi connectivity index (χ1n) is 5.67. The summed E-state index contributed by atoms with van der Waals surface area (Å²) in [6, 6.07) is 6.95. The van der Waals surface area contributed by atoms with Crippen molar-refractivity contribution in [1.82, 2.24) is 4.98 Å². The Labute approximate surface area is 122 Å². The molecule has 4 nitrogen and oxygen atoms in total. The second kappa shape index (κ2) is 6.01. The van der Waals surface area contributed by atoms with E-state index in [9.17, 15) is 13.2 Å². The zero-order valence-electron chi connectivity index (χ0n) is 10.4. The van der Waals surface area contributed by atoms with E-state index in [1.165, 1.54) is 18.3 Å². The van der Waals surface area contributed by atoms with Crippen LogP contribution in [0.2, 0.25) is 5.02 Å². The molecule has 0 spiro atoms. The molecule has 110 valence electrons. The minimum atomic E-state index is -4.50. The Bertz CT molecular complexity index is 657. The van der Waals surface area contributed by atoms with E-state index in [0.717, 1.165) is 6.07 Å². The summed E-state index contributed by atoms with van der Waals surface area (Å²) in [6.45, 7) is 0. The van der Waals surface area contributed by atoms with E-state index in [2.05, 4.69) is 15.5 Å². The molecule has 0 unspecified atom stereocenters. The summed E-state index contributed by atoms with van der Waals surface area (Å²) in [5.74, 6) is 0.132. The third-order valence-electron chi connectivity index (χ3n) is 2.45. The fourth-order valence-electron chi connectivity index (χ4n) is 1.40. The van der Waals surface area contributed by atoms with Crippen LogP contribution in [0.5, 0.6) is 5.75 Å². The SMILES string of the molecule is Oc1ccc(C=NNc2ncc(C(F)(F)F)cc2Cl)cc1. The Morgan fingerprint density at radius 3 is 2.48 bits per heavy atom. The summed E-state index contributed by atoms with van der Waals surface area (Å²) in [4.78, 5) is 3.57. The van der Waals surface area contributed by atoms with Crippen molar-refractivity contribution in [2.45, 2.75) is 6.18 Å². The number of pyridine rings is 1. The van der Waals surface area contributed by atoms with Gasteiger partial charge in [0, 0.05) is 6.20 Å². The van der Waals surface area contributed by atoms with Crippen molar-refractivity contribution in [1.29, 1.82) is 0 Å². The highest BCUT2D eigenvalue weighted by Gasteiger charge is 2.31. The van der Waals surface area contributed by atoms with Gasteiger partial charge in [0.15, 0.2) is 5.82 Å². The van der Waals surface area contributed by atoms with Crippen LogP contribution in [0.3, 0.4) is 0 Å². The molecule has 0 saturated heterocycles. The van der Waals surface area contributed by atoms with Crippen LogP contribution in [0.25, 0.3) is 0 Å². The molecule has 0 saturated carbocycles. The first kappa shape index (κ1) is 15.1. The van der Waals surface area contributed by atoms with Crippen LogP contribution in [0, 0.1) is 0 Å². The number of phenols is 1. The molecular weight excluding hydrogens is 307 g/mol. The number of aromatic hydroxyl groups is 1. The maximum atomic E-state index is 12.4. The molecule has 0 amide bonds. The van der Waals surface area contributed by atoms with E-state index in [1.54, 1.807) is 12.1 Å². The third-order valence-corrected chi connectivity index (χ3v) is 2.73. The molecule has 2 aromatic rings. The van der Waals surface area contributed by atoms with Crippen molar-refractivity contribution in [2.75, 3.05) is 5.43 Å². The second-order valence-electron chi connectivity index (χ2n) is 4.01. The van der Waals surface area contributed by atoms with E-state index >= 15 is 0 Å². The smallest absolute Gasteiger partial charge is 0.417 e. The van der Waals surface area contributed by atoms with E-state index in [0.29, 0.717) is 11.8 Å². The zero-order valence-corrected chi connectivity index (χ0v) is 11.2. The predicted molar refractivity (Wildman–Crippen MR) is 73.6 cm³/mol. The Morgan fingerprint density at radius 2 is 1.90 bits per heavy atom. The number of hydrogen-bond acceptors (Lipinski definition) is 4. The van der Waals surface area contributed by atoms with Gasteiger partial charge in [-0.15, -0.1) is 0 Å². The van der Waals surface area contributed by atoms with Crippen molar-refractivity contribution < 1.29 is 18.3 Å². The fourth-order valence-corrected chi connectivity index (χ4v) is 1.61. The summed E-state index contributed by atoms with van der Waals surface area (Å²) in [5, 5.41) is 12.7. The molecule has 1 aromatic heterocycles. The van der Waals surface area contributed by atoms with Crippen LogP contribution in [-0.2, 0) is 6.18 Å². The minimum Gasteiger partial charge on any atom is -0.508 e. The molecular formula is C13H9ClF3N3O. The van der Waals surface area contributed by atoms with Crippen molar-refractivity contribution in [2.24, 2.45) is 5.10 Å². The van der Waals surface area contributed by atoms with Gasteiger partial charge < -0.3 is 5.11 Å². The molecule has 21 heavy (non-hydrogen) atoms. The quantitative estimate of drug-likeness (QED) is 0.667. The van der Waals surface area contributed by atoms with E-state index < -0.39 is 11.7 Å². The number of nitrogens with zero attached hydrogens (tertiary/aromatic N) is 2. The second-order valence-corrected chi connectivity index (χ2v) is 4.42. The summed E-state index contributed by atoms with van der Waals surface area (Å²) in [7, 11) is 0. The summed E-state index contributed by atoms with van der Waals surface area (Å²) < 4.78 is 37.3. The van der Waals surface area contributed by atoms with Gasteiger partial charge in [-0.05, 0) is 35.9 Å². The number of anilines is 1. The van der Waals surface area contributed by atoms with Crippen LogP contribution < -0.4 is 5.43 Å². The van der Waals surface area contributed by atoms with Crippen LogP contribution in [0.15, 0.2) is 41.6 Å². The van der Waals surface area contributed by atoms with E-state index in [4.69, 9.17) is 16.7 Å². The molecule has 0 aliphatic carbocycles. The Kier molecular flexibility index (Phi) is 4.32. The number of hydrazone groups is 1. The molecule has 2 rings (SSSR count). The van der Waals surface area contributed by atoms with Crippen LogP contribution in [0.1, 0.15) is 11.1 Å². The maximum absolute atomic E-state index is 12.4. The number of alkyl halides is 3. The summed E-state index contributed by atoms with van der Waals surface area (Å²) in [5.41, 5.74) is 2.20. The lowest BCUT2D eigenvalue weighted by atomic mass is 10.2.